The van der Waals surface area contributed by atoms with Crippen LogP contribution in [-0.4, -0.2) is 17.1 Å². The highest BCUT2D eigenvalue weighted by Gasteiger charge is 2.10. The van der Waals surface area contributed by atoms with Crippen LogP contribution in [0.25, 0.3) is 0 Å². The Morgan fingerprint density at radius 2 is 1.95 bits per heavy atom. The van der Waals surface area contributed by atoms with Crippen LogP contribution in [0.5, 0.6) is 5.75 Å². The smallest absolute Gasteiger partial charge is 0.221 e. The first-order valence-corrected chi connectivity index (χ1v) is 6.58. The molecule has 5 nitrogen and oxygen atoms in total. The number of aromatic nitrogens is 2. The van der Waals surface area contributed by atoms with Crippen LogP contribution in [0.4, 0.5) is 11.8 Å². The third-order valence-electron chi connectivity index (χ3n) is 3.31. The zero-order chi connectivity index (χ0) is 14.7. The molecule has 2 aromatic rings. The summed E-state index contributed by atoms with van der Waals surface area (Å²) in [6.07, 6.45) is 3.29. The Morgan fingerprint density at radius 1 is 1.20 bits per heavy atom. The lowest BCUT2D eigenvalue weighted by atomic mass is 9.99. The minimum Gasteiger partial charge on any atom is -0.496 e. The molecule has 0 saturated heterocycles. The highest BCUT2D eigenvalue weighted by atomic mass is 16.5. The average molecular weight is 272 g/mol. The fraction of sp³-hybridized carbons (Fsp3) is 0.333. The Morgan fingerprint density at radius 3 is 2.55 bits per heavy atom. The van der Waals surface area contributed by atoms with E-state index >= 15 is 0 Å². The molecule has 0 aliphatic heterocycles. The maximum absolute atomic E-state index is 5.88. The van der Waals surface area contributed by atoms with Gasteiger partial charge in [-0.2, -0.15) is 4.98 Å². The van der Waals surface area contributed by atoms with Gasteiger partial charge in [-0.05, 0) is 30.0 Å². The number of anilines is 2. The molecule has 0 bridgehead atoms. The summed E-state index contributed by atoms with van der Waals surface area (Å²) in [5.41, 5.74) is 15.7. The molecule has 1 heterocycles. The van der Waals surface area contributed by atoms with Crippen LogP contribution >= 0.6 is 0 Å². The van der Waals surface area contributed by atoms with E-state index in [1.165, 1.54) is 11.1 Å². The zero-order valence-electron chi connectivity index (χ0n) is 12.1. The fourth-order valence-electron chi connectivity index (χ4n) is 2.38. The molecular formula is C15H20N4O. The van der Waals surface area contributed by atoms with E-state index in [1.54, 1.807) is 13.3 Å². The summed E-state index contributed by atoms with van der Waals surface area (Å²) in [5.74, 6) is 1.59. The first-order chi connectivity index (χ1) is 9.55. The minimum atomic E-state index is 0.200. The predicted octanol–water partition coefficient (Wildman–Crippen LogP) is 2.11. The van der Waals surface area contributed by atoms with E-state index in [0.717, 1.165) is 23.3 Å². The summed E-state index contributed by atoms with van der Waals surface area (Å²) in [7, 11) is 1.70. The van der Waals surface area contributed by atoms with Crippen molar-refractivity contribution in [2.75, 3.05) is 18.6 Å². The molecule has 0 fully saturated rings. The van der Waals surface area contributed by atoms with Crippen molar-refractivity contribution in [3.05, 3.63) is 40.6 Å². The van der Waals surface area contributed by atoms with Gasteiger partial charge in [-0.1, -0.05) is 19.1 Å². The highest BCUT2D eigenvalue weighted by Crippen LogP contribution is 2.27. The van der Waals surface area contributed by atoms with Crippen molar-refractivity contribution in [3.63, 3.8) is 0 Å². The van der Waals surface area contributed by atoms with Crippen molar-refractivity contribution in [1.29, 1.82) is 0 Å². The number of aryl methyl sites for hydroxylation is 2. The van der Waals surface area contributed by atoms with E-state index in [9.17, 15) is 0 Å². The second kappa shape index (κ2) is 5.77. The lowest BCUT2D eigenvalue weighted by Crippen LogP contribution is -2.04. The van der Waals surface area contributed by atoms with Gasteiger partial charge >= 0.3 is 0 Å². The quantitative estimate of drug-likeness (QED) is 0.890. The van der Waals surface area contributed by atoms with Gasteiger partial charge in [0.15, 0.2) is 0 Å². The van der Waals surface area contributed by atoms with E-state index in [4.69, 9.17) is 16.2 Å². The van der Waals surface area contributed by atoms with Gasteiger partial charge < -0.3 is 16.2 Å². The summed E-state index contributed by atoms with van der Waals surface area (Å²) in [5, 5.41) is 0. The van der Waals surface area contributed by atoms with Crippen molar-refractivity contribution in [1.82, 2.24) is 9.97 Å². The molecule has 20 heavy (non-hydrogen) atoms. The molecule has 1 aromatic carbocycles. The predicted molar refractivity (Wildman–Crippen MR) is 80.8 cm³/mol. The van der Waals surface area contributed by atoms with Gasteiger partial charge in [0, 0.05) is 18.2 Å². The molecule has 0 aliphatic carbocycles. The Kier molecular flexibility index (Phi) is 4.08. The number of benzene rings is 1. The molecule has 4 N–H and O–H groups in total. The monoisotopic (exact) mass is 272 g/mol. The SMILES string of the molecule is CCc1cc(Cc2cnc(N)nc2N)cc(C)c1OC. The normalized spacial score (nSPS) is 10.6. The average Bonchev–Trinajstić information content (AvgIpc) is 2.41. The summed E-state index contributed by atoms with van der Waals surface area (Å²) in [6.45, 7) is 4.16. The highest BCUT2D eigenvalue weighted by molar-refractivity contribution is 5.48. The molecule has 0 amide bonds. The largest absolute Gasteiger partial charge is 0.496 e. The third kappa shape index (κ3) is 2.82. The number of hydrogen-bond acceptors (Lipinski definition) is 5. The van der Waals surface area contributed by atoms with Crippen LogP contribution in [0.2, 0.25) is 0 Å². The van der Waals surface area contributed by atoms with Gasteiger partial charge in [0.25, 0.3) is 0 Å². The molecule has 0 saturated carbocycles. The number of nitrogens with zero attached hydrogens (tertiary/aromatic N) is 2. The van der Waals surface area contributed by atoms with E-state index in [2.05, 4.69) is 29.0 Å². The number of methoxy groups -OCH3 is 1. The van der Waals surface area contributed by atoms with Crippen LogP contribution in [0.3, 0.4) is 0 Å². The van der Waals surface area contributed by atoms with E-state index < -0.39 is 0 Å². The van der Waals surface area contributed by atoms with Crippen LogP contribution in [0, 0.1) is 6.92 Å². The Hall–Kier alpha value is -2.30. The van der Waals surface area contributed by atoms with Crippen molar-refractivity contribution < 1.29 is 4.74 Å². The minimum absolute atomic E-state index is 0.200. The molecule has 0 atom stereocenters. The molecule has 0 radical (unpaired) electrons. The summed E-state index contributed by atoms with van der Waals surface area (Å²) in [4.78, 5) is 7.99. The topological polar surface area (TPSA) is 87.0 Å². The first-order valence-electron chi connectivity index (χ1n) is 6.58. The summed E-state index contributed by atoms with van der Waals surface area (Å²) in [6, 6.07) is 4.25. The van der Waals surface area contributed by atoms with E-state index in [0.29, 0.717) is 12.2 Å². The molecule has 5 heteroatoms. The maximum Gasteiger partial charge on any atom is 0.221 e. The van der Waals surface area contributed by atoms with E-state index in [-0.39, 0.29) is 5.95 Å². The third-order valence-corrected chi connectivity index (χ3v) is 3.31. The Bertz CT molecular complexity index is 626. The molecular weight excluding hydrogens is 252 g/mol. The molecule has 1 aromatic heterocycles. The second-order valence-corrected chi connectivity index (χ2v) is 4.77. The van der Waals surface area contributed by atoms with Crippen molar-refractivity contribution in [2.45, 2.75) is 26.7 Å². The summed E-state index contributed by atoms with van der Waals surface area (Å²) >= 11 is 0. The molecule has 106 valence electrons. The zero-order valence-corrected chi connectivity index (χ0v) is 12.1. The lowest BCUT2D eigenvalue weighted by molar-refractivity contribution is 0.407. The summed E-state index contributed by atoms with van der Waals surface area (Å²) < 4.78 is 5.45. The van der Waals surface area contributed by atoms with E-state index in [1.807, 2.05) is 6.92 Å². The number of ether oxygens (including phenoxy) is 1. The maximum atomic E-state index is 5.88. The standard InChI is InChI=1S/C15H20N4O/c1-4-11-6-10(5-9(2)13(11)20-3)7-12-8-18-15(17)19-14(12)16/h5-6,8H,4,7H2,1-3H3,(H4,16,17,18,19). The molecule has 0 aliphatic rings. The van der Waals surface area contributed by atoms with Crippen LogP contribution in [0.15, 0.2) is 18.3 Å². The number of nitrogen functional groups attached to an aromatic ring is 2. The van der Waals surface area contributed by atoms with Crippen molar-refractivity contribution >= 4 is 11.8 Å². The van der Waals surface area contributed by atoms with Gasteiger partial charge in [-0.15, -0.1) is 0 Å². The van der Waals surface area contributed by atoms with Gasteiger partial charge in [0.05, 0.1) is 7.11 Å². The molecule has 2 rings (SSSR count). The number of nitrogens with two attached hydrogens (primary N) is 2. The molecule has 0 unspecified atom stereocenters. The van der Waals surface area contributed by atoms with Crippen LogP contribution in [-0.2, 0) is 12.8 Å². The van der Waals surface area contributed by atoms with Gasteiger partial charge in [0.1, 0.15) is 11.6 Å². The Labute approximate surface area is 119 Å². The van der Waals surface area contributed by atoms with Crippen LogP contribution < -0.4 is 16.2 Å². The van der Waals surface area contributed by atoms with Crippen molar-refractivity contribution in [2.24, 2.45) is 0 Å². The fourth-order valence-corrected chi connectivity index (χ4v) is 2.38. The Balaban J connectivity index is 2.36. The second-order valence-electron chi connectivity index (χ2n) is 4.77. The van der Waals surface area contributed by atoms with Gasteiger partial charge in [0.2, 0.25) is 5.95 Å². The van der Waals surface area contributed by atoms with Gasteiger partial charge in [-0.25, -0.2) is 4.98 Å². The van der Waals surface area contributed by atoms with Crippen LogP contribution in [0.1, 0.15) is 29.2 Å². The lowest BCUT2D eigenvalue weighted by Gasteiger charge is -2.13. The van der Waals surface area contributed by atoms with Crippen molar-refractivity contribution in [3.8, 4) is 5.75 Å². The first kappa shape index (κ1) is 14.1. The molecule has 0 spiro atoms. The number of hydrogen-bond donors (Lipinski definition) is 2. The van der Waals surface area contributed by atoms with Gasteiger partial charge in [-0.3, -0.25) is 0 Å². The number of rotatable bonds is 4.